The second-order valence-corrected chi connectivity index (χ2v) is 3.96. The number of carboxylic acids is 3. The number of aliphatic hydroxyl groups excluding tert-OH is 1. The molecule has 0 unspecified atom stereocenters. The molecular weight excluding hydrogens is 256 g/mol. The van der Waals surface area contributed by atoms with E-state index in [0.717, 1.165) is 38.5 Å². The molecule has 0 radical (unpaired) electrons. The van der Waals surface area contributed by atoms with Crippen LogP contribution >= 0.6 is 0 Å². The highest BCUT2D eigenvalue weighted by Crippen LogP contribution is 2.08. The standard InChI is InChI=1S/C10H18O4.C2H4O3/c11-9(12)7-5-3-1-2-4-6-8-10(13)14;3-1-2(4)5/h1-8H2,(H,11,12)(H,13,14);3H,1H2,(H,4,5). The van der Waals surface area contributed by atoms with Gasteiger partial charge in [0.15, 0.2) is 0 Å². The summed E-state index contributed by atoms with van der Waals surface area (Å²) in [6.07, 6.45) is 5.82. The predicted octanol–water partition coefficient (Wildman–Crippen LogP) is 1.34. The normalized spacial score (nSPS) is 9.32. The highest BCUT2D eigenvalue weighted by Gasteiger charge is 1.98. The van der Waals surface area contributed by atoms with Crippen LogP contribution in [0.4, 0.5) is 0 Å². The van der Waals surface area contributed by atoms with E-state index in [9.17, 15) is 9.59 Å². The third-order valence-electron chi connectivity index (χ3n) is 2.17. The van der Waals surface area contributed by atoms with Crippen LogP contribution in [0.25, 0.3) is 0 Å². The Labute approximate surface area is 111 Å². The third kappa shape index (κ3) is 26.1. The van der Waals surface area contributed by atoms with Crippen LogP contribution in [0, 0.1) is 0 Å². The van der Waals surface area contributed by atoms with Crippen molar-refractivity contribution in [1.29, 1.82) is 0 Å². The van der Waals surface area contributed by atoms with E-state index in [1.807, 2.05) is 0 Å². The molecule has 0 spiro atoms. The molecule has 0 aromatic carbocycles. The maximum absolute atomic E-state index is 10.1. The van der Waals surface area contributed by atoms with Gasteiger partial charge in [-0.05, 0) is 12.8 Å². The molecule has 0 bridgehead atoms. The van der Waals surface area contributed by atoms with Crippen LogP contribution < -0.4 is 0 Å². The first-order valence-electron chi connectivity index (χ1n) is 6.16. The molecule has 0 atom stereocenters. The summed E-state index contributed by atoms with van der Waals surface area (Å²) in [5.74, 6) is -2.67. The van der Waals surface area contributed by atoms with Crippen LogP contribution in [0.2, 0.25) is 0 Å². The topological polar surface area (TPSA) is 132 Å². The van der Waals surface area contributed by atoms with E-state index in [1.54, 1.807) is 0 Å². The zero-order valence-corrected chi connectivity index (χ0v) is 10.9. The van der Waals surface area contributed by atoms with Crippen molar-refractivity contribution in [3.63, 3.8) is 0 Å². The summed E-state index contributed by atoms with van der Waals surface area (Å²) >= 11 is 0. The first-order valence-corrected chi connectivity index (χ1v) is 6.16. The Morgan fingerprint density at radius 3 is 1.05 bits per heavy atom. The minimum Gasteiger partial charge on any atom is -0.481 e. The van der Waals surface area contributed by atoms with Crippen molar-refractivity contribution in [2.75, 3.05) is 6.61 Å². The molecule has 19 heavy (non-hydrogen) atoms. The molecule has 7 nitrogen and oxygen atoms in total. The molecule has 0 saturated heterocycles. The quantitative estimate of drug-likeness (QED) is 0.443. The van der Waals surface area contributed by atoms with E-state index in [2.05, 4.69) is 0 Å². The summed E-state index contributed by atoms with van der Waals surface area (Å²) in [7, 11) is 0. The van der Waals surface area contributed by atoms with Gasteiger partial charge < -0.3 is 20.4 Å². The fourth-order valence-corrected chi connectivity index (χ4v) is 1.26. The van der Waals surface area contributed by atoms with Crippen molar-refractivity contribution in [2.45, 2.75) is 51.4 Å². The smallest absolute Gasteiger partial charge is 0.329 e. The zero-order chi connectivity index (χ0) is 15.1. The van der Waals surface area contributed by atoms with E-state index in [-0.39, 0.29) is 12.8 Å². The van der Waals surface area contributed by atoms with Crippen molar-refractivity contribution in [3.8, 4) is 0 Å². The van der Waals surface area contributed by atoms with Gasteiger partial charge >= 0.3 is 17.9 Å². The Balaban J connectivity index is 0. The van der Waals surface area contributed by atoms with E-state index in [4.69, 9.17) is 25.2 Å². The van der Waals surface area contributed by atoms with E-state index >= 15 is 0 Å². The third-order valence-corrected chi connectivity index (χ3v) is 2.17. The number of aliphatic hydroxyl groups is 1. The average Bonchev–Trinajstić information content (AvgIpc) is 2.32. The first kappa shape index (κ1) is 19.7. The molecule has 0 aromatic heterocycles. The van der Waals surface area contributed by atoms with E-state index in [1.165, 1.54) is 0 Å². The Morgan fingerprint density at radius 2 is 0.842 bits per heavy atom. The highest BCUT2D eigenvalue weighted by atomic mass is 16.4. The Morgan fingerprint density at radius 1 is 0.579 bits per heavy atom. The second-order valence-electron chi connectivity index (χ2n) is 3.96. The maximum Gasteiger partial charge on any atom is 0.329 e. The molecule has 7 heteroatoms. The van der Waals surface area contributed by atoms with Gasteiger partial charge in [0.2, 0.25) is 0 Å². The Bertz CT molecular complexity index is 243. The predicted molar refractivity (Wildman–Crippen MR) is 66.9 cm³/mol. The minimum atomic E-state index is -1.19. The fraction of sp³-hybridized carbons (Fsp3) is 0.750. The van der Waals surface area contributed by atoms with Gasteiger partial charge in [-0.15, -0.1) is 0 Å². The summed E-state index contributed by atoms with van der Waals surface area (Å²) in [6, 6.07) is 0. The summed E-state index contributed by atoms with van der Waals surface area (Å²) in [5.41, 5.74) is 0. The molecule has 112 valence electrons. The zero-order valence-electron chi connectivity index (χ0n) is 10.9. The number of hydrogen-bond acceptors (Lipinski definition) is 4. The molecule has 0 amide bonds. The number of carbonyl (C=O) groups is 3. The average molecular weight is 278 g/mol. The molecule has 0 saturated carbocycles. The lowest BCUT2D eigenvalue weighted by atomic mass is 10.1. The van der Waals surface area contributed by atoms with E-state index < -0.39 is 24.5 Å². The minimum absolute atomic E-state index is 0.245. The molecule has 0 rings (SSSR count). The number of carboxylic acid groups (broad SMARTS) is 3. The van der Waals surface area contributed by atoms with Gasteiger partial charge in [0.05, 0.1) is 0 Å². The summed E-state index contributed by atoms with van der Waals surface area (Å²) in [4.78, 5) is 29.4. The van der Waals surface area contributed by atoms with Crippen LogP contribution in [0.15, 0.2) is 0 Å². The van der Waals surface area contributed by atoms with Crippen molar-refractivity contribution in [3.05, 3.63) is 0 Å². The molecule has 0 aliphatic rings. The monoisotopic (exact) mass is 278 g/mol. The van der Waals surface area contributed by atoms with Gasteiger partial charge in [-0.3, -0.25) is 9.59 Å². The largest absolute Gasteiger partial charge is 0.481 e. The lowest BCUT2D eigenvalue weighted by Gasteiger charge is -1.98. The van der Waals surface area contributed by atoms with Crippen molar-refractivity contribution in [2.24, 2.45) is 0 Å². The molecule has 4 N–H and O–H groups in total. The Kier molecular flexibility index (Phi) is 15.0. The van der Waals surface area contributed by atoms with Gasteiger partial charge in [-0.25, -0.2) is 4.79 Å². The summed E-state index contributed by atoms with van der Waals surface area (Å²) in [5, 5.41) is 31.7. The van der Waals surface area contributed by atoms with E-state index in [0.29, 0.717) is 0 Å². The maximum atomic E-state index is 10.1. The molecule has 0 heterocycles. The van der Waals surface area contributed by atoms with Gasteiger partial charge in [0.25, 0.3) is 0 Å². The van der Waals surface area contributed by atoms with Gasteiger partial charge in [-0.2, -0.15) is 0 Å². The number of aliphatic carboxylic acids is 3. The van der Waals surface area contributed by atoms with Gasteiger partial charge in [0.1, 0.15) is 6.61 Å². The number of hydrogen-bond donors (Lipinski definition) is 4. The van der Waals surface area contributed by atoms with Crippen molar-refractivity contribution < 1.29 is 34.8 Å². The fourth-order valence-electron chi connectivity index (χ4n) is 1.26. The molecular formula is C12H22O7. The Hall–Kier alpha value is -1.63. The highest BCUT2D eigenvalue weighted by molar-refractivity contribution is 5.67. The molecule has 0 aliphatic heterocycles. The number of unbranched alkanes of at least 4 members (excludes halogenated alkanes) is 5. The van der Waals surface area contributed by atoms with Crippen LogP contribution in [-0.2, 0) is 14.4 Å². The molecule has 0 fully saturated rings. The lowest BCUT2D eigenvalue weighted by molar-refractivity contribution is -0.140. The van der Waals surface area contributed by atoms with Crippen LogP contribution in [0.1, 0.15) is 51.4 Å². The van der Waals surface area contributed by atoms with Crippen molar-refractivity contribution >= 4 is 17.9 Å². The van der Waals surface area contributed by atoms with Crippen LogP contribution in [0.3, 0.4) is 0 Å². The van der Waals surface area contributed by atoms with Gasteiger partial charge in [-0.1, -0.05) is 25.7 Å². The number of rotatable bonds is 10. The second kappa shape index (κ2) is 14.4. The summed E-state index contributed by atoms with van der Waals surface area (Å²) in [6.45, 7) is -0.778. The molecule has 0 aromatic rings. The van der Waals surface area contributed by atoms with Gasteiger partial charge in [0, 0.05) is 12.8 Å². The van der Waals surface area contributed by atoms with Crippen LogP contribution in [0.5, 0.6) is 0 Å². The lowest BCUT2D eigenvalue weighted by Crippen LogP contribution is -1.98. The summed E-state index contributed by atoms with van der Waals surface area (Å²) < 4.78 is 0. The first-order chi connectivity index (χ1) is 8.90. The van der Waals surface area contributed by atoms with Crippen molar-refractivity contribution in [1.82, 2.24) is 0 Å². The molecule has 0 aliphatic carbocycles. The SMILES string of the molecule is O=C(O)CCCCCCCCC(=O)O.O=C(O)CO. The van der Waals surface area contributed by atoms with Crippen LogP contribution in [-0.4, -0.2) is 44.9 Å².